The van der Waals surface area contributed by atoms with Gasteiger partial charge in [-0.2, -0.15) is 0 Å². The number of ether oxygens (including phenoxy) is 2. The van der Waals surface area contributed by atoms with Crippen molar-refractivity contribution < 1.29 is 14.3 Å². The van der Waals surface area contributed by atoms with Crippen molar-refractivity contribution in [2.75, 3.05) is 12.8 Å². The lowest BCUT2D eigenvalue weighted by Gasteiger charge is -2.08. The second kappa shape index (κ2) is 5.34. The monoisotopic (exact) mass is 259 g/mol. The molecule has 1 aromatic heterocycles. The van der Waals surface area contributed by atoms with Crippen LogP contribution in [0.5, 0.6) is 11.6 Å². The molecule has 0 amide bonds. The smallest absolute Gasteiger partial charge is 0.358 e. The van der Waals surface area contributed by atoms with Gasteiger partial charge in [-0.15, -0.1) is 0 Å². The molecule has 98 valence electrons. The zero-order valence-corrected chi connectivity index (χ0v) is 10.6. The van der Waals surface area contributed by atoms with Crippen LogP contribution in [0.15, 0.2) is 30.6 Å². The maximum absolute atomic E-state index is 11.3. The quantitative estimate of drug-likeness (QED) is 0.669. The largest absolute Gasteiger partial charge is 0.464 e. The van der Waals surface area contributed by atoms with Crippen LogP contribution in [0.2, 0.25) is 0 Å². The molecule has 0 radical (unpaired) electrons. The molecular formula is C13H13N3O3. The van der Waals surface area contributed by atoms with Gasteiger partial charge in [0.2, 0.25) is 5.88 Å². The van der Waals surface area contributed by atoms with Crippen LogP contribution >= 0.6 is 0 Å². The molecule has 0 saturated heterocycles. The zero-order chi connectivity index (χ0) is 13.8. The Balaban J connectivity index is 2.28. The first-order chi connectivity index (χ1) is 9.10. The van der Waals surface area contributed by atoms with E-state index in [0.717, 1.165) is 5.56 Å². The van der Waals surface area contributed by atoms with Crippen molar-refractivity contribution in [3.8, 4) is 11.6 Å². The van der Waals surface area contributed by atoms with Crippen molar-refractivity contribution in [3.63, 3.8) is 0 Å². The van der Waals surface area contributed by atoms with E-state index in [9.17, 15) is 4.79 Å². The van der Waals surface area contributed by atoms with Gasteiger partial charge in [0, 0.05) is 0 Å². The van der Waals surface area contributed by atoms with Gasteiger partial charge in [0.25, 0.3) is 0 Å². The van der Waals surface area contributed by atoms with Crippen molar-refractivity contribution in [1.29, 1.82) is 0 Å². The minimum atomic E-state index is -0.574. The molecule has 0 spiro atoms. The first-order valence-electron chi connectivity index (χ1n) is 5.54. The predicted octanol–water partition coefficient (Wildman–Crippen LogP) is 1.95. The number of rotatable bonds is 3. The molecule has 0 aliphatic rings. The molecule has 0 aliphatic carbocycles. The van der Waals surface area contributed by atoms with Gasteiger partial charge in [-0.25, -0.2) is 9.78 Å². The van der Waals surface area contributed by atoms with Crippen molar-refractivity contribution >= 4 is 11.7 Å². The molecule has 2 aromatic rings. The van der Waals surface area contributed by atoms with E-state index in [4.69, 9.17) is 10.5 Å². The van der Waals surface area contributed by atoms with Gasteiger partial charge >= 0.3 is 5.97 Å². The number of aromatic nitrogens is 2. The number of nitrogens with two attached hydrogens (primary N) is 1. The summed E-state index contributed by atoms with van der Waals surface area (Å²) in [6.45, 7) is 1.92. The molecule has 1 heterocycles. The number of carbonyl (C=O) groups excluding carboxylic acids is 1. The number of nitrogen functional groups attached to an aromatic ring is 1. The van der Waals surface area contributed by atoms with Gasteiger partial charge in [-0.1, -0.05) is 6.07 Å². The molecule has 6 nitrogen and oxygen atoms in total. The van der Waals surface area contributed by atoms with E-state index >= 15 is 0 Å². The third kappa shape index (κ3) is 2.98. The Labute approximate surface area is 110 Å². The van der Waals surface area contributed by atoms with E-state index in [-0.39, 0.29) is 11.6 Å². The summed E-state index contributed by atoms with van der Waals surface area (Å²) in [6.07, 6.45) is 2.70. The summed E-state index contributed by atoms with van der Waals surface area (Å²) < 4.78 is 10.1. The van der Waals surface area contributed by atoms with Crippen molar-refractivity contribution in [1.82, 2.24) is 9.97 Å². The first-order valence-corrected chi connectivity index (χ1v) is 5.54. The van der Waals surface area contributed by atoms with Crippen molar-refractivity contribution in [2.24, 2.45) is 0 Å². The highest BCUT2D eigenvalue weighted by molar-refractivity contribution is 5.86. The van der Waals surface area contributed by atoms with Crippen LogP contribution in [-0.2, 0) is 4.74 Å². The number of nitrogens with zero attached hydrogens (tertiary/aromatic N) is 2. The topological polar surface area (TPSA) is 87.3 Å². The number of carbonyl (C=O) groups is 1. The van der Waals surface area contributed by atoms with Crippen LogP contribution in [0.25, 0.3) is 0 Å². The third-order valence-electron chi connectivity index (χ3n) is 2.39. The average molecular weight is 259 g/mol. The first kappa shape index (κ1) is 12.8. The Kier molecular flexibility index (Phi) is 3.61. The molecule has 1 aromatic carbocycles. The minimum absolute atomic E-state index is 0.0752. The van der Waals surface area contributed by atoms with Gasteiger partial charge in [0.15, 0.2) is 11.4 Å². The molecule has 0 aliphatic heterocycles. The number of anilines is 1. The van der Waals surface area contributed by atoms with E-state index in [1.54, 1.807) is 12.1 Å². The van der Waals surface area contributed by atoms with Crippen LogP contribution < -0.4 is 10.5 Å². The van der Waals surface area contributed by atoms with Crippen LogP contribution in [0.3, 0.4) is 0 Å². The molecule has 0 fully saturated rings. The minimum Gasteiger partial charge on any atom is -0.464 e. The number of methoxy groups -OCH3 is 1. The Morgan fingerprint density at radius 1 is 1.32 bits per heavy atom. The van der Waals surface area contributed by atoms with Crippen LogP contribution in [0, 0.1) is 6.92 Å². The highest BCUT2D eigenvalue weighted by Gasteiger charge is 2.10. The number of benzene rings is 1. The molecule has 0 bridgehead atoms. The fourth-order valence-corrected chi connectivity index (χ4v) is 1.44. The van der Waals surface area contributed by atoms with Crippen LogP contribution in [0.1, 0.15) is 16.1 Å². The number of aryl methyl sites for hydroxylation is 1. The summed E-state index contributed by atoms with van der Waals surface area (Å²) >= 11 is 0. The summed E-state index contributed by atoms with van der Waals surface area (Å²) in [5, 5.41) is 0. The third-order valence-corrected chi connectivity index (χ3v) is 2.39. The highest BCUT2D eigenvalue weighted by atomic mass is 16.5. The molecule has 6 heteroatoms. The molecular weight excluding hydrogens is 246 g/mol. The fourth-order valence-electron chi connectivity index (χ4n) is 1.44. The summed E-state index contributed by atoms with van der Waals surface area (Å²) in [5.74, 6) is 0.0756. The number of hydrogen-bond acceptors (Lipinski definition) is 6. The van der Waals surface area contributed by atoms with Crippen molar-refractivity contribution in [3.05, 3.63) is 41.9 Å². The second-order valence-corrected chi connectivity index (χ2v) is 3.88. The summed E-state index contributed by atoms with van der Waals surface area (Å²) in [4.78, 5) is 19.2. The van der Waals surface area contributed by atoms with E-state index in [1.165, 1.54) is 19.5 Å². The average Bonchev–Trinajstić information content (AvgIpc) is 2.42. The molecule has 0 saturated carbocycles. The molecule has 0 unspecified atom stereocenters. The SMILES string of the molecule is COC(=O)c1cncc(Oc2cc(C)ccc2N)n1. The van der Waals surface area contributed by atoms with Gasteiger partial charge < -0.3 is 15.2 Å². The lowest BCUT2D eigenvalue weighted by atomic mass is 10.2. The lowest BCUT2D eigenvalue weighted by Crippen LogP contribution is -2.05. The normalized spacial score (nSPS) is 10.0. The van der Waals surface area contributed by atoms with Gasteiger partial charge in [0.05, 0.1) is 25.2 Å². The summed E-state index contributed by atoms with van der Waals surface area (Å²) in [5.41, 5.74) is 7.36. The number of hydrogen-bond donors (Lipinski definition) is 1. The van der Waals surface area contributed by atoms with E-state index in [2.05, 4.69) is 14.7 Å². The van der Waals surface area contributed by atoms with Crippen LogP contribution in [0.4, 0.5) is 5.69 Å². The predicted molar refractivity (Wildman–Crippen MR) is 69.0 cm³/mol. The zero-order valence-electron chi connectivity index (χ0n) is 10.6. The van der Waals surface area contributed by atoms with Gasteiger partial charge in [-0.3, -0.25) is 4.98 Å². The molecule has 0 atom stereocenters. The molecule has 2 N–H and O–H groups in total. The van der Waals surface area contributed by atoms with Crippen LogP contribution in [-0.4, -0.2) is 23.0 Å². The van der Waals surface area contributed by atoms with Gasteiger partial charge in [-0.05, 0) is 24.6 Å². The number of esters is 1. The summed E-state index contributed by atoms with van der Waals surface area (Å²) in [6, 6.07) is 5.39. The maximum Gasteiger partial charge on any atom is 0.358 e. The Hall–Kier alpha value is -2.63. The second-order valence-electron chi connectivity index (χ2n) is 3.88. The van der Waals surface area contributed by atoms with Gasteiger partial charge in [0.1, 0.15) is 0 Å². The van der Waals surface area contributed by atoms with E-state index in [1.807, 2.05) is 13.0 Å². The molecule has 2 rings (SSSR count). The maximum atomic E-state index is 11.3. The lowest BCUT2D eigenvalue weighted by molar-refractivity contribution is 0.0592. The highest BCUT2D eigenvalue weighted by Crippen LogP contribution is 2.26. The van der Waals surface area contributed by atoms with E-state index < -0.39 is 5.97 Å². The Bertz CT molecular complexity index is 614. The molecule has 19 heavy (non-hydrogen) atoms. The fraction of sp³-hybridized carbons (Fsp3) is 0.154. The summed E-state index contributed by atoms with van der Waals surface area (Å²) in [7, 11) is 1.27. The standard InChI is InChI=1S/C13H13N3O3/c1-8-3-4-9(14)11(5-8)19-12-7-15-6-10(16-12)13(17)18-2/h3-7H,14H2,1-2H3. The Morgan fingerprint density at radius 3 is 2.84 bits per heavy atom. The Morgan fingerprint density at radius 2 is 2.11 bits per heavy atom. The van der Waals surface area contributed by atoms with Crippen molar-refractivity contribution in [2.45, 2.75) is 6.92 Å². The van der Waals surface area contributed by atoms with E-state index in [0.29, 0.717) is 11.4 Å².